The fraction of sp³-hybridized carbons (Fsp3) is 0.154. The molecule has 0 amide bonds. The summed E-state index contributed by atoms with van der Waals surface area (Å²) in [5.74, 6) is 0.419. The lowest BCUT2D eigenvalue weighted by atomic mass is 9.97. The number of nitrogens with zero attached hydrogens (tertiary/aromatic N) is 4. The number of aromatic amines is 1. The van der Waals surface area contributed by atoms with Crippen LogP contribution in [0.4, 0.5) is 10.2 Å². The highest BCUT2D eigenvalue weighted by Gasteiger charge is 2.27. The van der Waals surface area contributed by atoms with Crippen LogP contribution in [-0.4, -0.2) is 26.1 Å². The maximum atomic E-state index is 15.2. The number of benzene rings is 2. The predicted octanol–water partition coefficient (Wildman–Crippen LogP) is 6.83. The van der Waals surface area contributed by atoms with Gasteiger partial charge in [-0.15, -0.1) is 0 Å². The highest BCUT2D eigenvalue weighted by Crippen LogP contribution is 2.40. The van der Waals surface area contributed by atoms with E-state index in [1.807, 2.05) is 16.6 Å². The van der Waals surface area contributed by atoms with Gasteiger partial charge in [0.1, 0.15) is 11.6 Å². The van der Waals surface area contributed by atoms with E-state index in [0.717, 1.165) is 62.4 Å². The molecule has 5 nitrogen and oxygen atoms in total. The number of hydrogen-bond donors (Lipinski definition) is 1. The van der Waals surface area contributed by atoms with Crippen LogP contribution in [0.3, 0.4) is 0 Å². The smallest absolute Gasteiger partial charge is 0.147 e. The van der Waals surface area contributed by atoms with Crippen LogP contribution >= 0.6 is 23.2 Å². The molecule has 0 unspecified atom stereocenters. The number of aryl methyl sites for hydroxylation is 1. The standard InChI is InChI=1S/C26H18Cl2FN5/c1-13-3-2-4-16-22-15-5-7-30-23(15)20(29)10-17(22)25-18-12-33(26-19(28)9-14(27)11-31-26)8-6-21(18)32-34(25)24(13)16/h2-5,7,9-11,30H,6,8,12H2,1H3. The predicted molar refractivity (Wildman–Crippen MR) is 136 cm³/mol. The summed E-state index contributed by atoms with van der Waals surface area (Å²) in [4.78, 5) is 9.69. The number of H-pyrrole nitrogens is 1. The van der Waals surface area contributed by atoms with Gasteiger partial charge >= 0.3 is 0 Å². The first kappa shape index (κ1) is 20.1. The number of halogens is 3. The summed E-state index contributed by atoms with van der Waals surface area (Å²) >= 11 is 12.6. The fourth-order valence-electron chi connectivity index (χ4n) is 5.44. The minimum absolute atomic E-state index is 0.272. The summed E-state index contributed by atoms with van der Waals surface area (Å²) in [5, 5.41) is 9.88. The molecule has 0 atom stereocenters. The van der Waals surface area contributed by atoms with Crippen molar-refractivity contribution in [3.8, 4) is 0 Å². The van der Waals surface area contributed by atoms with Gasteiger partial charge in [-0.05, 0) is 30.7 Å². The van der Waals surface area contributed by atoms with Crippen molar-refractivity contribution >= 4 is 67.1 Å². The maximum Gasteiger partial charge on any atom is 0.147 e. The van der Waals surface area contributed by atoms with Gasteiger partial charge < -0.3 is 9.88 Å². The zero-order chi connectivity index (χ0) is 23.1. The van der Waals surface area contributed by atoms with Crippen molar-refractivity contribution < 1.29 is 4.39 Å². The maximum absolute atomic E-state index is 15.2. The third-order valence-electron chi connectivity index (χ3n) is 6.89. The lowest BCUT2D eigenvalue weighted by Gasteiger charge is -2.28. The number of aromatic nitrogens is 4. The molecule has 0 bridgehead atoms. The highest BCUT2D eigenvalue weighted by molar-refractivity contribution is 6.36. The van der Waals surface area contributed by atoms with Crippen molar-refractivity contribution in [3.05, 3.63) is 81.5 Å². The Morgan fingerprint density at radius 1 is 1.06 bits per heavy atom. The van der Waals surface area contributed by atoms with Crippen LogP contribution in [0.25, 0.3) is 38.1 Å². The first-order valence-corrected chi connectivity index (χ1v) is 11.8. The molecule has 8 heteroatoms. The van der Waals surface area contributed by atoms with Crippen LogP contribution in [0.5, 0.6) is 0 Å². The van der Waals surface area contributed by atoms with Gasteiger partial charge in [-0.1, -0.05) is 41.4 Å². The van der Waals surface area contributed by atoms with Crippen LogP contribution in [-0.2, 0) is 13.0 Å². The SMILES string of the molecule is Cc1cccc2c3c4cc[nH]c4c(F)cc3c3c4c(nn3c12)CCN(c1ncc(Cl)cc1Cl)C4. The summed E-state index contributed by atoms with van der Waals surface area (Å²) in [6.07, 6.45) is 4.14. The summed E-state index contributed by atoms with van der Waals surface area (Å²) in [6.45, 7) is 3.40. The minimum atomic E-state index is -0.272. The van der Waals surface area contributed by atoms with Crippen molar-refractivity contribution in [2.24, 2.45) is 0 Å². The molecule has 4 aromatic heterocycles. The summed E-state index contributed by atoms with van der Waals surface area (Å²) in [6, 6.07) is 11.5. The number of fused-ring (bicyclic) bond motifs is 10. The number of hydrogen-bond acceptors (Lipinski definition) is 3. The van der Waals surface area contributed by atoms with E-state index >= 15 is 4.39 Å². The summed E-state index contributed by atoms with van der Waals surface area (Å²) in [5.41, 5.74) is 5.71. The lowest BCUT2D eigenvalue weighted by molar-refractivity contribution is 0.639. The molecule has 34 heavy (non-hydrogen) atoms. The van der Waals surface area contributed by atoms with Crippen LogP contribution in [0, 0.1) is 12.7 Å². The zero-order valence-electron chi connectivity index (χ0n) is 18.2. The van der Waals surface area contributed by atoms with E-state index in [4.69, 9.17) is 28.3 Å². The monoisotopic (exact) mass is 489 g/mol. The number of rotatable bonds is 1. The first-order chi connectivity index (χ1) is 16.5. The molecule has 2 aromatic carbocycles. The summed E-state index contributed by atoms with van der Waals surface area (Å²) in [7, 11) is 0. The molecular formula is C26H18Cl2FN5. The van der Waals surface area contributed by atoms with Crippen LogP contribution < -0.4 is 4.90 Å². The van der Waals surface area contributed by atoms with E-state index in [9.17, 15) is 0 Å². The second-order valence-corrected chi connectivity index (χ2v) is 9.68. The average molecular weight is 490 g/mol. The van der Waals surface area contributed by atoms with Crippen LogP contribution in [0.1, 0.15) is 16.8 Å². The molecule has 168 valence electrons. The largest absolute Gasteiger partial charge is 0.359 e. The Kier molecular flexibility index (Phi) is 4.17. The van der Waals surface area contributed by atoms with E-state index in [1.54, 1.807) is 24.5 Å². The molecule has 0 saturated heterocycles. The van der Waals surface area contributed by atoms with Gasteiger partial charge in [-0.25, -0.2) is 13.9 Å². The Morgan fingerprint density at radius 2 is 1.94 bits per heavy atom. The molecule has 0 aliphatic carbocycles. The lowest BCUT2D eigenvalue weighted by Crippen LogP contribution is -2.31. The van der Waals surface area contributed by atoms with Gasteiger partial charge in [0.25, 0.3) is 0 Å². The van der Waals surface area contributed by atoms with Crippen LogP contribution in [0.2, 0.25) is 10.0 Å². The molecule has 7 rings (SSSR count). The van der Waals surface area contributed by atoms with E-state index in [1.165, 1.54) is 0 Å². The molecule has 6 aromatic rings. The number of para-hydroxylation sites is 1. The first-order valence-electron chi connectivity index (χ1n) is 11.1. The molecule has 1 aliphatic rings. The molecule has 0 saturated carbocycles. The second kappa shape index (κ2) is 7.08. The Morgan fingerprint density at radius 3 is 2.79 bits per heavy atom. The van der Waals surface area contributed by atoms with Gasteiger partial charge in [0.05, 0.1) is 32.3 Å². The molecule has 5 heterocycles. The van der Waals surface area contributed by atoms with Crippen molar-refractivity contribution in [2.75, 3.05) is 11.4 Å². The van der Waals surface area contributed by atoms with Crippen molar-refractivity contribution in [3.63, 3.8) is 0 Å². The third kappa shape index (κ3) is 2.67. The Bertz CT molecular complexity index is 1800. The second-order valence-electron chi connectivity index (χ2n) is 8.83. The average Bonchev–Trinajstić information content (AvgIpc) is 3.44. The molecule has 1 N–H and O–H groups in total. The Balaban J connectivity index is 1.59. The molecule has 0 radical (unpaired) electrons. The molecule has 0 fully saturated rings. The summed E-state index contributed by atoms with van der Waals surface area (Å²) < 4.78 is 17.2. The van der Waals surface area contributed by atoms with Gasteiger partial charge in [-0.2, -0.15) is 5.10 Å². The number of pyridine rings is 2. The molecular weight excluding hydrogens is 472 g/mol. The van der Waals surface area contributed by atoms with Crippen LogP contribution in [0.15, 0.2) is 48.8 Å². The van der Waals surface area contributed by atoms with Crippen molar-refractivity contribution in [1.29, 1.82) is 0 Å². The highest BCUT2D eigenvalue weighted by atomic mass is 35.5. The Hall–Kier alpha value is -3.35. The number of anilines is 1. The van der Waals surface area contributed by atoms with E-state index in [2.05, 4.69) is 33.9 Å². The Labute approximate surface area is 203 Å². The van der Waals surface area contributed by atoms with Gasteiger partial charge in [0.15, 0.2) is 0 Å². The quantitative estimate of drug-likeness (QED) is 0.257. The minimum Gasteiger partial charge on any atom is -0.359 e. The van der Waals surface area contributed by atoms with Crippen molar-refractivity contribution in [2.45, 2.75) is 19.9 Å². The van der Waals surface area contributed by atoms with Gasteiger partial charge in [0, 0.05) is 59.0 Å². The fourth-order valence-corrected chi connectivity index (χ4v) is 5.94. The molecule has 1 aliphatic heterocycles. The topological polar surface area (TPSA) is 49.2 Å². The van der Waals surface area contributed by atoms with Gasteiger partial charge in [-0.3, -0.25) is 0 Å². The van der Waals surface area contributed by atoms with E-state index in [0.29, 0.717) is 27.9 Å². The number of nitrogens with one attached hydrogen (secondary N) is 1. The third-order valence-corrected chi connectivity index (χ3v) is 7.38. The zero-order valence-corrected chi connectivity index (χ0v) is 19.7. The van der Waals surface area contributed by atoms with Gasteiger partial charge in [0.2, 0.25) is 0 Å². The van der Waals surface area contributed by atoms with E-state index in [-0.39, 0.29) is 5.82 Å². The van der Waals surface area contributed by atoms with E-state index < -0.39 is 0 Å². The molecule has 0 spiro atoms. The normalized spacial score (nSPS) is 14.1. The van der Waals surface area contributed by atoms with Crippen molar-refractivity contribution in [1.82, 2.24) is 19.6 Å².